The molecule has 3 aliphatic heterocycles. The zero-order valence-corrected chi connectivity index (χ0v) is 20.3. The minimum Gasteiger partial charge on any atom is -0.369 e. The Kier molecular flexibility index (Phi) is 7.04. The maximum Gasteiger partial charge on any atom is 0.255 e. The van der Waals surface area contributed by atoms with E-state index in [9.17, 15) is 19.2 Å². The molecular weight excluding hydrogens is 446 g/mol. The number of carbonyl (C=O) groups excluding carboxylic acids is 4. The first-order chi connectivity index (χ1) is 17.0. The highest BCUT2D eigenvalue weighted by molar-refractivity contribution is 6.05. The summed E-state index contributed by atoms with van der Waals surface area (Å²) < 4.78 is 0. The first-order valence-corrected chi connectivity index (χ1v) is 13.0. The van der Waals surface area contributed by atoms with Crippen molar-refractivity contribution >= 4 is 29.3 Å². The standard InChI is InChI=1S/C26H35N5O4/c32-23-9-8-22(25(34)28-23)31-17-19-6-7-20(16-21(19)26(31)35)30-14-12-29(13-15-30)11-2-1-10-27-24(33)18-4-3-5-18/h6-7,16,18,22H,1-5,8-15,17H2,(H,27,33)(H,28,32,34). The molecule has 1 aromatic carbocycles. The van der Waals surface area contributed by atoms with E-state index in [-0.39, 0.29) is 36.0 Å². The molecule has 0 radical (unpaired) electrons. The van der Waals surface area contributed by atoms with Gasteiger partial charge >= 0.3 is 0 Å². The van der Waals surface area contributed by atoms with Crippen molar-refractivity contribution in [3.05, 3.63) is 29.3 Å². The molecule has 4 amide bonds. The third kappa shape index (κ3) is 5.19. The number of anilines is 1. The van der Waals surface area contributed by atoms with Crippen LogP contribution in [0.4, 0.5) is 5.69 Å². The molecule has 0 spiro atoms. The van der Waals surface area contributed by atoms with Gasteiger partial charge in [0.1, 0.15) is 6.04 Å². The lowest BCUT2D eigenvalue weighted by Gasteiger charge is -2.36. The number of benzene rings is 1. The van der Waals surface area contributed by atoms with Gasteiger partial charge < -0.3 is 15.1 Å². The molecule has 1 atom stereocenters. The smallest absolute Gasteiger partial charge is 0.255 e. The second kappa shape index (κ2) is 10.4. The summed E-state index contributed by atoms with van der Waals surface area (Å²) in [5, 5.41) is 5.42. The number of nitrogens with one attached hydrogen (secondary N) is 2. The Morgan fingerprint density at radius 2 is 1.83 bits per heavy atom. The van der Waals surface area contributed by atoms with Crippen molar-refractivity contribution in [2.24, 2.45) is 5.92 Å². The van der Waals surface area contributed by atoms with Crippen LogP contribution in [-0.2, 0) is 20.9 Å². The predicted octanol–water partition coefficient (Wildman–Crippen LogP) is 1.27. The third-order valence-electron chi connectivity index (χ3n) is 7.93. The minimum atomic E-state index is -0.578. The molecule has 1 aromatic rings. The molecule has 0 bridgehead atoms. The molecule has 1 saturated carbocycles. The maximum absolute atomic E-state index is 13.1. The van der Waals surface area contributed by atoms with Gasteiger partial charge in [-0.2, -0.15) is 0 Å². The highest BCUT2D eigenvalue weighted by Gasteiger charge is 2.39. The molecule has 0 aromatic heterocycles. The number of amides is 4. The van der Waals surface area contributed by atoms with Gasteiger partial charge in [0.25, 0.3) is 5.91 Å². The molecular formula is C26H35N5O4. The third-order valence-corrected chi connectivity index (χ3v) is 7.93. The van der Waals surface area contributed by atoms with Crippen LogP contribution >= 0.6 is 0 Å². The van der Waals surface area contributed by atoms with Crippen molar-refractivity contribution in [3.63, 3.8) is 0 Å². The second-order valence-corrected chi connectivity index (χ2v) is 10.2. The topological polar surface area (TPSA) is 102 Å². The zero-order chi connectivity index (χ0) is 24.4. The van der Waals surface area contributed by atoms with Crippen LogP contribution in [0.2, 0.25) is 0 Å². The number of hydrogen-bond donors (Lipinski definition) is 2. The van der Waals surface area contributed by atoms with Gasteiger partial charge in [-0.05, 0) is 56.3 Å². The van der Waals surface area contributed by atoms with Crippen LogP contribution < -0.4 is 15.5 Å². The SMILES string of the molecule is O=C1CCC(N2Cc3ccc(N4CCN(CCCCNC(=O)C5CCC5)CC4)cc3C2=O)C(=O)N1. The second-order valence-electron chi connectivity index (χ2n) is 10.2. The number of piperazine rings is 1. The predicted molar refractivity (Wildman–Crippen MR) is 131 cm³/mol. The fourth-order valence-corrected chi connectivity index (χ4v) is 5.46. The molecule has 9 nitrogen and oxygen atoms in total. The van der Waals surface area contributed by atoms with Crippen LogP contribution in [0.1, 0.15) is 60.9 Å². The molecule has 3 fully saturated rings. The summed E-state index contributed by atoms with van der Waals surface area (Å²) in [7, 11) is 0. The molecule has 4 aliphatic rings. The summed E-state index contributed by atoms with van der Waals surface area (Å²) in [5.41, 5.74) is 2.64. The van der Waals surface area contributed by atoms with Crippen LogP contribution in [0.3, 0.4) is 0 Å². The van der Waals surface area contributed by atoms with E-state index in [0.717, 1.165) is 76.2 Å². The number of piperidine rings is 1. The monoisotopic (exact) mass is 481 g/mol. The van der Waals surface area contributed by atoms with E-state index in [1.54, 1.807) is 4.90 Å². The zero-order valence-electron chi connectivity index (χ0n) is 20.3. The summed E-state index contributed by atoms with van der Waals surface area (Å²) in [4.78, 5) is 55.1. The van der Waals surface area contributed by atoms with Gasteiger partial charge in [0.2, 0.25) is 17.7 Å². The largest absolute Gasteiger partial charge is 0.369 e. The Balaban J connectivity index is 1.07. The fourth-order valence-electron chi connectivity index (χ4n) is 5.46. The van der Waals surface area contributed by atoms with Crippen LogP contribution in [0.5, 0.6) is 0 Å². The summed E-state index contributed by atoms with van der Waals surface area (Å²) in [6, 6.07) is 5.45. The Hall–Kier alpha value is -2.94. The molecule has 2 saturated heterocycles. The summed E-state index contributed by atoms with van der Waals surface area (Å²) in [6.45, 7) is 5.98. The number of imide groups is 1. The Morgan fingerprint density at radius 1 is 1.03 bits per heavy atom. The molecule has 188 valence electrons. The van der Waals surface area contributed by atoms with Gasteiger partial charge in [-0.25, -0.2) is 0 Å². The van der Waals surface area contributed by atoms with Gasteiger partial charge in [0, 0.05) is 62.9 Å². The Labute approximate surface area is 206 Å². The molecule has 5 rings (SSSR count). The first-order valence-electron chi connectivity index (χ1n) is 13.0. The molecule has 1 unspecified atom stereocenters. The van der Waals surface area contributed by atoms with E-state index in [1.807, 2.05) is 12.1 Å². The lowest BCUT2D eigenvalue weighted by molar-refractivity contribution is -0.137. The quantitative estimate of drug-likeness (QED) is 0.428. The van der Waals surface area contributed by atoms with E-state index < -0.39 is 6.04 Å². The van der Waals surface area contributed by atoms with Crippen molar-refractivity contribution in [1.82, 2.24) is 20.4 Å². The normalized spacial score (nSPS) is 23.2. The average Bonchev–Trinajstić information content (AvgIpc) is 3.14. The summed E-state index contributed by atoms with van der Waals surface area (Å²) >= 11 is 0. The molecule has 3 heterocycles. The van der Waals surface area contributed by atoms with Gasteiger partial charge in [0.15, 0.2) is 0 Å². The number of fused-ring (bicyclic) bond motifs is 1. The van der Waals surface area contributed by atoms with Gasteiger partial charge in [-0.3, -0.25) is 29.4 Å². The van der Waals surface area contributed by atoms with Crippen molar-refractivity contribution in [1.29, 1.82) is 0 Å². The highest BCUT2D eigenvalue weighted by Crippen LogP contribution is 2.31. The van der Waals surface area contributed by atoms with Crippen LogP contribution in [0, 0.1) is 5.92 Å². The Morgan fingerprint density at radius 3 is 2.54 bits per heavy atom. The number of nitrogens with zero attached hydrogens (tertiary/aromatic N) is 3. The van der Waals surface area contributed by atoms with Crippen LogP contribution in [0.15, 0.2) is 18.2 Å². The fraction of sp³-hybridized carbons (Fsp3) is 0.615. The van der Waals surface area contributed by atoms with E-state index in [4.69, 9.17) is 0 Å². The number of unbranched alkanes of at least 4 members (excludes halogenated alkanes) is 1. The van der Waals surface area contributed by atoms with E-state index >= 15 is 0 Å². The number of rotatable bonds is 8. The van der Waals surface area contributed by atoms with Gasteiger partial charge in [-0.1, -0.05) is 12.5 Å². The average molecular weight is 482 g/mol. The van der Waals surface area contributed by atoms with Crippen molar-refractivity contribution in [2.45, 2.75) is 57.5 Å². The number of carbonyl (C=O) groups is 4. The lowest BCUT2D eigenvalue weighted by Crippen LogP contribution is -2.52. The molecule has 2 N–H and O–H groups in total. The van der Waals surface area contributed by atoms with Gasteiger partial charge in [-0.15, -0.1) is 0 Å². The minimum absolute atomic E-state index is 0.126. The lowest BCUT2D eigenvalue weighted by atomic mass is 9.85. The summed E-state index contributed by atoms with van der Waals surface area (Å²) in [5.74, 6) is -0.276. The Bertz CT molecular complexity index is 999. The van der Waals surface area contributed by atoms with Crippen molar-refractivity contribution < 1.29 is 19.2 Å². The molecule has 1 aliphatic carbocycles. The highest BCUT2D eigenvalue weighted by atomic mass is 16.2. The van der Waals surface area contributed by atoms with E-state index in [2.05, 4.69) is 26.5 Å². The molecule has 9 heteroatoms. The van der Waals surface area contributed by atoms with Crippen molar-refractivity contribution in [3.8, 4) is 0 Å². The maximum atomic E-state index is 13.1. The van der Waals surface area contributed by atoms with Crippen molar-refractivity contribution in [2.75, 3.05) is 44.2 Å². The van der Waals surface area contributed by atoms with Crippen LogP contribution in [0.25, 0.3) is 0 Å². The van der Waals surface area contributed by atoms with Gasteiger partial charge in [0.05, 0.1) is 0 Å². The summed E-state index contributed by atoms with van der Waals surface area (Å²) in [6.07, 6.45) is 6.02. The number of hydrogen-bond acceptors (Lipinski definition) is 6. The van der Waals surface area contributed by atoms with Crippen LogP contribution in [-0.4, -0.2) is 78.7 Å². The van der Waals surface area contributed by atoms with E-state index in [0.29, 0.717) is 18.5 Å². The first kappa shape index (κ1) is 23.8. The van der Waals surface area contributed by atoms with E-state index in [1.165, 1.54) is 6.42 Å². The molecule has 35 heavy (non-hydrogen) atoms.